The van der Waals surface area contributed by atoms with Crippen LogP contribution in [0.1, 0.15) is 0 Å². The van der Waals surface area contributed by atoms with E-state index in [1.54, 1.807) is 24.3 Å². The Hall–Kier alpha value is -2.51. The minimum atomic E-state index is -3.65. The summed E-state index contributed by atoms with van der Waals surface area (Å²) in [7, 11) is -4.41. The molecule has 0 radical (unpaired) electrons. The zero-order valence-corrected chi connectivity index (χ0v) is 19.4. The number of ether oxygens (including phenoxy) is 1. The number of hydrogen-bond donors (Lipinski definition) is 2. The molecule has 2 aromatic carbocycles. The van der Waals surface area contributed by atoms with Crippen LogP contribution in [0, 0.1) is 0 Å². The third kappa shape index (κ3) is 5.64. The van der Waals surface area contributed by atoms with Crippen LogP contribution in [0.5, 0.6) is 0 Å². The molecule has 32 heavy (non-hydrogen) atoms. The second-order valence-corrected chi connectivity index (χ2v) is 11.4. The van der Waals surface area contributed by atoms with E-state index < -0.39 is 26.0 Å². The molecule has 12 heteroatoms. The van der Waals surface area contributed by atoms with Gasteiger partial charge in [0.1, 0.15) is 0 Å². The number of carbonyl (C=O) groups excluding carboxylic acids is 1. The molecule has 2 N–H and O–H groups in total. The van der Waals surface area contributed by atoms with Gasteiger partial charge in [-0.15, -0.1) is 0 Å². The van der Waals surface area contributed by atoms with E-state index in [4.69, 9.17) is 4.74 Å². The van der Waals surface area contributed by atoms with Crippen LogP contribution in [0.2, 0.25) is 0 Å². The lowest BCUT2D eigenvalue weighted by molar-refractivity contribution is -0.114. The zero-order valence-electron chi connectivity index (χ0n) is 17.8. The summed E-state index contributed by atoms with van der Waals surface area (Å²) in [5.41, 5.74) is 0.807. The highest BCUT2D eigenvalue weighted by Gasteiger charge is 2.26. The van der Waals surface area contributed by atoms with Gasteiger partial charge < -0.3 is 15.4 Å². The lowest BCUT2D eigenvalue weighted by Gasteiger charge is -2.26. The Bertz CT molecular complexity index is 1180. The second kappa shape index (κ2) is 9.96. The Labute approximate surface area is 188 Å². The van der Waals surface area contributed by atoms with E-state index in [-0.39, 0.29) is 16.3 Å². The normalized spacial score (nSPS) is 15.5. The van der Waals surface area contributed by atoms with Gasteiger partial charge in [0, 0.05) is 38.6 Å². The van der Waals surface area contributed by atoms with Gasteiger partial charge in [-0.05, 0) is 36.4 Å². The summed E-state index contributed by atoms with van der Waals surface area (Å²) in [5, 5.41) is 5.53. The minimum absolute atomic E-state index is 0.0641. The highest BCUT2D eigenvalue weighted by atomic mass is 32.2. The van der Waals surface area contributed by atoms with E-state index in [9.17, 15) is 21.6 Å². The Morgan fingerprint density at radius 2 is 1.56 bits per heavy atom. The van der Waals surface area contributed by atoms with Gasteiger partial charge in [-0.3, -0.25) is 4.79 Å². The molecule has 0 saturated carbocycles. The molecule has 2 aromatic rings. The van der Waals surface area contributed by atoms with Crippen LogP contribution in [-0.4, -0.2) is 78.3 Å². The summed E-state index contributed by atoms with van der Waals surface area (Å²) in [5.74, 6) is -0.411. The Morgan fingerprint density at radius 1 is 0.969 bits per heavy atom. The van der Waals surface area contributed by atoms with Crippen molar-refractivity contribution in [1.29, 1.82) is 0 Å². The lowest BCUT2D eigenvalue weighted by Crippen LogP contribution is -2.40. The van der Waals surface area contributed by atoms with Gasteiger partial charge in [-0.2, -0.15) is 4.31 Å². The molecule has 0 bridgehead atoms. The molecule has 0 atom stereocenters. The van der Waals surface area contributed by atoms with Crippen LogP contribution in [0.25, 0.3) is 0 Å². The van der Waals surface area contributed by atoms with Gasteiger partial charge in [0.25, 0.3) is 0 Å². The fourth-order valence-electron chi connectivity index (χ4n) is 3.04. The molecule has 3 rings (SSSR count). The highest BCUT2D eigenvalue weighted by Crippen LogP contribution is 2.21. The molecular formula is C20H26N4O6S2. The summed E-state index contributed by atoms with van der Waals surface area (Å²) < 4.78 is 57.7. The van der Waals surface area contributed by atoms with Gasteiger partial charge in [0.05, 0.1) is 29.5 Å². The number of hydrogen-bond acceptors (Lipinski definition) is 7. The van der Waals surface area contributed by atoms with Gasteiger partial charge in [-0.1, -0.05) is 12.1 Å². The second-order valence-electron chi connectivity index (χ2n) is 7.26. The van der Waals surface area contributed by atoms with Crippen LogP contribution < -0.4 is 10.6 Å². The molecule has 0 aromatic heterocycles. The lowest BCUT2D eigenvalue weighted by atomic mass is 10.3. The van der Waals surface area contributed by atoms with E-state index in [1.807, 2.05) is 0 Å². The van der Waals surface area contributed by atoms with Gasteiger partial charge in [0.15, 0.2) is 0 Å². The average Bonchev–Trinajstić information content (AvgIpc) is 2.78. The number of benzene rings is 2. The minimum Gasteiger partial charge on any atom is -0.379 e. The standard InChI is InChI=1S/C20H26N4O6S2/c1-23(2)31(26,27)18-7-4-6-17(14-18)22-20(25)15-21-16-5-3-8-19(13-16)32(28,29)24-9-11-30-12-10-24/h3-8,13-14,21H,9-12,15H2,1-2H3,(H,22,25). The number of morpholine rings is 1. The number of rotatable bonds is 8. The van der Waals surface area contributed by atoms with E-state index in [1.165, 1.54) is 42.7 Å². The maximum atomic E-state index is 12.8. The summed E-state index contributed by atoms with van der Waals surface area (Å²) in [6.45, 7) is 1.17. The Morgan fingerprint density at radius 3 is 2.22 bits per heavy atom. The van der Waals surface area contributed by atoms with Crippen molar-refractivity contribution in [2.75, 3.05) is 57.6 Å². The first-order valence-electron chi connectivity index (χ1n) is 9.85. The molecule has 1 aliphatic heterocycles. The fourth-order valence-corrected chi connectivity index (χ4v) is 5.44. The van der Waals surface area contributed by atoms with Gasteiger partial charge >= 0.3 is 0 Å². The third-order valence-electron chi connectivity index (χ3n) is 4.79. The SMILES string of the molecule is CN(C)S(=O)(=O)c1cccc(NC(=O)CNc2cccc(S(=O)(=O)N3CCOCC3)c2)c1. The molecule has 1 fully saturated rings. The number of anilines is 2. The monoisotopic (exact) mass is 482 g/mol. The quantitative estimate of drug-likeness (QED) is 0.575. The van der Waals surface area contributed by atoms with Crippen molar-refractivity contribution >= 4 is 37.3 Å². The molecular weight excluding hydrogens is 456 g/mol. The summed E-state index contributed by atoms with van der Waals surface area (Å²) in [6, 6.07) is 12.2. The van der Waals surface area contributed by atoms with Crippen LogP contribution in [0.4, 0.5) is 11.4 Å². The topological polar surface area (TPSA) is 125 Å². The van der Waals surface area contributed by atoms with Crippen molar-refractivity contribution in [1.82, 2.24) is 8.61 Å². The maximum absolute atomic E-state index is 12.8. The number of nitrogens with one attached hydrogen (secondary N) is 2. The number of carbonyl (C=O) groups is 1. The predicted molar refractivity (Wildman–Crippen MR) is 120 cm³/mol. The number of sulfonamides is 2. The average molecular weight is 483 g/mol. The molecule has 0 unspecified atom stereocenters. The van der Waals surface area contributed by atoms with Crippen LogP contribution in [0.3, 0.4) is 0 Å². The smallest absolute Gasteiger partial charge is 0.243 e. The summed E-state index contributed by atoms with van der Waals surface area (Å²) >= 11 is 0. The van der Waals surface area contributed by atoms with Gasteiger partial charge in [0.2, 0.25) is 26.0 Å². The van der Waals surface area contributed by atoms with E-state index in [0.717, 1.165) is 4.31 Å². The third-order valence-corrected chi connectivity index (χ3v) is 8.50. The van der Waals surface area contributed by atoms with Crippen LogP contribution in [-0.2, 0) is 29.6 Å². The first-order valence-corrected chi connectivity index (χ1v) is 12.7. The molecule has 1 saturated heterocycles. The zero-order chi connectivity index (χ0) is 23.4. The van der Waals surface area contributed by atoms with Crippen molar-refractivity contribution in [3.63, 3.8) is 0 Å². The van der Waals surface area contributed by atoms with Crippen molar-refractivity contribution in [2.24, 2.45) is 0 Å². The molecule has 1 aliphatic rings. The van der Waals surface area contributed by atoms with E-state index in [0.29, 0.717) is 37.7 Å². The molecule has 1 amide bonds. The molecule has 174 valence electrons. The first kappa shape index (κ1) is 24.1. The summed E-state index contributed by atoms with van der Waals surface area (Å²) in [6.07, 6.45) is 0. The molecule has 1 heterocycles. The molecule has 0 spiro atoms. The van der Waals surface area contributed by atoms with E-state index in [2.05, 4.69) is 10.6 Å². The van der Waals surface area contributed by atoms with Crippen molar-refractivity contribution < 1.29 is 26.4 Å². The summed E-state index contributed by atoms with van der Waals surface area (Å²) in [4.78, 5) is 12.5. The fraction of sp³-hybridized carbons (Fsp3) is 0.350. The first-order chi connectivity index (χ1) is 15.1. The predicted octanol–water partition coefficient (Wildman–Crippen LogP) is 1.01. The number of nitrogens with zero attached hydrogens (tertiary/aromatic N) is 2. The molecule has 0 aliphatic carbocycles. The highest BCUT2D eigenvalue weighted by molar-refractivity contribution is 7.89. The van der Waals surface area contributed by atoms with Crippen molar-refractivity contribution in [3.05, 3.63) is 48.5 Å². The molecule has 10 nitrogen and oxygen atoms in total. The van der Waals surface area contributed by atoms with Crippen molar-refractivity contribution in [2.45, 2.75) is 9.79 Å². The Balaban J connectivity index is 1.64. The maximum Gasteiger partial charge on any atom is 0.243 e. The number of amides is 1. The van der Waals surface area contributed by atoms with E-state index >= 15 is 0 Å². The van der Waals surface area contributed by atoms with Crippen molar-refractivity contribution in [3.8, 4) is 0 Å². The largest absolute Gasteiger partial charge is 0.379 e. The van der Waals surface area contributed by atoms with Crippen LogP contribution in [0.15, 0.2) is 58.3 Å². The van der Waals surface area contributed by atoms with Crippen LogP contribution >= 0.6 is 0 Å². The Kier molecular flexibility index (Phi) is 7.51. The van der Waals surface area contributed by atoms with Gasteiger partial charge in [-0.25, -0.2) is 21.1 Å².